The standard InChI is InChI=1S/C21H33N3O2/c1-15(17-11-10-16-8-6-7-9-18(16)12-17)22-19(25)13-24(5)14-20(26)23-21(2,3)4/h10-12,15H,6-9,13-14H2,1-5H3,(H,22,25)(H,23,26)/p+1/t15-/m1/s1. The van der Waals surface area contributed by atoms with E-state index in [4.69, 9.17) is 0 Å². The van der Waals surface area contributed by atoms with Gasteiger partial charge in [0.25, 0.3) is 11.8 Å². The molecule has 1 aromatic carbocycles. The van der Waals surface area contributed by atoms with E-state index in [1.165, 1.54) is 30.4 Å². The van der Waals surface area contributed by atoms with Crippen LogP contribution in [-0.4, -0.2) is 37.5 Å². The van der Waals surface area contributed by atoms with Crippen molar-refractivity contribution in [3.8, 4) is 0 Å². The number of benzene rings is 1. The SMILES string of the molecule is C[C@@H](NC(=O)C[NH+](C)CC(=O)NC(C)(C)C)c1ccc2c(c1)CCCC2. The van der Waals surface area contributed by atoms with Crippen LogP contribution in [0.15, 0.2) is 18.2 Å². The smallest absolute Gasteiger partial charge is 0.275 e. The van der Waals surface area contributed by atoms with Gasteiger partial charge in [0.15, 0.2) is 13.1 Å². The molecule has 0 spiro atoms. The van der Waals surface area contributed by atoms with Crippen LogP contribution in [0.5, 0.6) is 0 Å². The minimum absolute atomic E-state index is 0.0223. The summed E-state index contributed by atoms with van der Waals surface area (Å²) in [4.78, 5) is 25.2. The van der Waals surface area contributed by atoms with Crippen molar-refractivity contribution in [1.82, 2.24) is 10.6 Å². The molecule has 1 aromatic rings. The number of hydrogen-bond acceptors (Lipinski definition) is 2. The van der Waals surface area contributed by atoms with Gasteiger partial charge < -0.3 is 15.5 Å². The number of fused-ring (bicyclic) bond motifs is 1. The summed E-state index contributed by atoms with van der Waals surface area (Å²) in [5.41, 5.74) is 3.78. The third-order valence-corrected chi connectivity index (χ3v) is 4.69. The summed E-state index contributed by atoms with van der Waals surface area (Å²) in [6, 6.07) is 6.56. The second-order valence-corrected chi connectivity index (χ2v) is 8.63. The predicted octanol–water partition coefficient (Wildman–Crippen LogP) is 1.17. The third-order valence-electron chi connectivity index (χ3n) is 4.69. The van der Waals surface area contributed by atoms with Gasteiger partial charge in [-0.15, -0.1) is 0 Å². The normalized spacial score (nSPS) is 16.3. The summed E-state index contributed by atoms with van der Waals surface area (Å²) in [5.74, 6) is -0.0678. The molecule has 2 atom stereocenters. The molecule has 0 aliphatic heterocycles. The number of aryl methyl sites for hydroxylation is 2. The Morgan fingerprint density at radius 2 is 1.69 bits per heavy atom. The molecule has 0 aromatic heterocycles. The first-order valence-corrected chi connectivity index (χ1v) is 9.67. The lowest BCUT2D eigenvalue weighted by Gasteiger charge is -2.22. The number of carbonyl (C=O) groups excluding carboxylic acids is 2. The highest BCUT2D eigenvalue weighted by molar-refractivity contribution is 5.79. The van der Waals surface area contributed by atoms with Crippen LogP contribution in [-0.2, 0) is 22.4 Å². The molecule has 0 saturated heterocycles. The molecular weight excluding hydrogens is 326 g/mol. The number of amides is 2. The highest BCUT2D eigenvalue weighted by Gasteiger charge is 2.20. The number of rotatable bonds is 6. The van der Waals surface area contributed by atoms with Gasteiger partial charge in [-0.1, -0.05) is 18.2 Å². The van der Waals surface area contributed by atoms with E-state index in [9.17, 15) is 9.59 Å². The van der Waals surface area contributed by atoms with E-state index in [2.05, 4.69) is 28.8 Å². The zero-order valence-electron chi connectivity index (χ0n) is 16.9. The first kappa shape index (κ1) is 20.4. The van der Waals surface area contributed by atoms with Gasteiger partial charge in [-0.2, -0.15) is 0 Å². The molecule has 3 N–H and O–H groups in total. The van der Waals surface area contributed by atoms with E-state index in [1.807, 2.05) is 34.7 Å². The van der Waals surface area contributed by atoms with Crippen molar-refractivity contribution < 1.29 is 14.5 Å². The Labute approximate surface area is 157 Å². The predicted molar refractivity (Wildman–Crippen MR) is 104 cm³/mol. The number of likely N-dealkylation sites (N-methyl/N-ethyl adjacent to an activating group) is 1. The largest absolute Gasteiger partial charge is 0.347 e. The Morgan fingerprint density at radius 1 is 1.08 bits per heavy atom. The van der Waals surface area contributed by atoms with Crippen LogP contribution in [0.25, 0.3) is 0 Å². The van der Waals surface area contributed by atoms with Crippen molar-refractivity contribution in [2.75, 3.05) is 20.1 Å². The lowest BCUT2D eigenvalue weighted by Crippen LogP contribution is -3.11. The third kappa shape index (κ3) is 6.45. The van der Waals surface area contributed by atoms with E-state index >= 15 is 0 Å². The topological polar surface area (TPSA) is 62.6 Å². The number of hydrogen-bond donors (Lipinski definition) is 3. The number of carbonyl (C=O) groups is 2. The van der Waals surface area contributed by atoms with Gasteiger partial charge in [-0.25, -0.2) is 0 Å². The van der Waals surface area contributed by atoms with Crippen molar-refractivity contribution >= 4 is 11.8 Å². The lowest BCUT2D eigenvalue weighted by molar-refractivity contribution is -0.862. The molecule has 5 nitrogen and oxygen atoms in total. The first-order chi connectivity index (χ1) is 12.1. The summed E-state index contributed by atoms with van der Waals surface area (Å²) >= 11 is 0. The van der Waals surface area contributed by atoms with E-state index < -0.39 is 0 Å². The van der Waals surface area contributed by atoms with Crippen LogP contribution < -0.4 is 15.5 Å². The molecule has 0 saturated carbocycles. The maximum absolute atomic E-state index is 12.3. The minimum Gasteiger partial charge on any atom is -0.347 e. The van der Waals surface area contributed by atoms with Crippen molar-refractivity contribution in [3.63, 3.8) is 0 Å². The van der Waals surface area contributed by atoms with Crippen molar-refractivity contribution in [2.24, 2.45) is 0 Å². The first-order valence-electron chi connectivity index (χ1n) is 9.67. The summed E-state index contributed by atoms with van der Waals surface area (Å²) < 4.78 is 0. The van der Waals surface area contributed by atoms with Gasteiger partial charge >= 0.3 is 0 Å². The zero-order chi connectivity index (χ0) is 19.3. The summed E-state index contributed by atoms with van der Waals surface area (Å²) in [6.07, 6.45) is 4.83. The fourth-order valence-electron chi connectivity index (χ4n) is 3.47. The second kappa shape index (κ2) is 8.67. The molecule has 2 rings (SSSR count). The molecule has 144 valence electrons. The number of nitrogens with one attached hydrogen (secondary N) is 3. The Morgan fingerprint density at radius 3 is 2.35 bits per heavy atom. The molecule has 1 aliphatic carbocycles. The molecule has 5 heteroatoms. The molecule has 0 heterocycles. The highest BCUT2D eigenvalue weighted by atomic mass is 16.2. The average Bonchev–Trinajstić information content (AvgIpc) is 2.51. The minimum atomic E-state index is -0.249. The van der Waals surface area contributed by atoms with Crippen LogP contribution >= 0.6 is 0 Å². The summed E-state index contributed by atoms with van der Waals surface area (Å²) in [7, 11) is 1.87. The fraction of sp³-hybridized carbons (Fsp3) is 0.619. The van der Waals surface area contributed by atoms with E-state index in [-0.39, 0.29) is 36.5 Å². The fourth-order valence-corrected chi connectivity index (χ4v) is 3.47. The Bertz CT molecular complexity index is 649. The molecule has 0 bridgehead atoms. The monoisotopic (exact) mass is 360 g/mol. The van der Waals surface area contributed by atoms with Gasteiger partial charge in [-0.05, 0) is 70.1 Å². The summed E-state index contributed by atoms with van der Waals surface area (Å²) in [6.45, 7) is 8.45. The molecule has 2 amide bonds. The Balaban J connectivity index is 1.84. The maximum Gasteiger partial charge on any atom is 0.275 e. The van der Waals surface area contributed by atoms with E-state index in [0.717, 1.165) is 16.9 Å². The van der Waals surface area contributed by atoms with Crippen molar-refractivity contribution in [1.29, 1.82) is 0 Å². The van der Waals surface area contributed by atoms with Gasteiger partial charge in [0.1, 0.15) is 0 Å². The van der Waals surface area contributed by atoms with Gasteiger partial charge in [0.2, 0.25) is 0 Å². The van der Waals surface area contributed by atoms with Gasteiger partial charge in [0.05, 0.1) is 13.1 Å². The number of quaternary nitrogens is 1. The molecule has 0 fully saturated rings. The Hall–Kier alpha value is -1.88. The molecular formula is C21H34N3O2+. The van der Waals surface area contributed by atoms with Crippen LogP contribution in [0.1, 0.15) is 63.3 Å². The lowest BCUT2D eigenvalue weighted by atomic mass is 9.89. The van der Waals surface area contributed by atoms with Crippen LogP contribution in [0.3, 0.4) is 0 Å². The van der Waals surface area contributed by atoms with Crippen molar-refractivity contribution in [2.45, 2.75) is 65.0 Å². The maximum atomic E-state index is 12.3. The van der Waals surface area contributed by atoms with E-state index in [0.29, 0.717) is 0 Å². The molecule has 1 aliphatic rings. The quantitative estimate of drug-likeness (QED) is 0.713. The van der Waals surface area contributed by atoms with Crippen LogP contribution in [0, 0.1) is 0 Å². The van der Waals surface area contributed by atoms with Gasteiger partial charge in [0, 0.05) is 5.54 Å². The molecule has 0 radical (unpaired) electrons. The van der Waals surface area contributed by atoms with Crippen LogP contribution in [0.4, 0.5) is 0 Å². The highest BCUT2D eigenvalue weighted by Crippen LogP contribution is 2.24. The average molecular weight is 361 g/mol. The zero-order valence-corrected chi connectivity index (χ0v) is 16.9. The van der Waals surface area contributed by atoms with E-state index in [1.54, 1.807) is 0 Å². The van der Waals surface area contributed by atoms with Gasteiger partial charge in [-0.3, -0.25) is 9.59 Å². The summed E-state index contributed by atoms with van der Waals surface area (Å²) in [5, 5.41) is 5.99. The Kier molecular flexibility index (Phi) is 6.81. The second-order valence-electron chi connectivity index (χ2n) is 8.63. The van der Waals surface area contributed by atoms with Crippen molar-refractivity contribution in [3.05, 3.63) is 34.9 Å². The molecule has 26 heavy (non-hydrogen) atoms. The molecule has 1 unspecified atom stereocenters. The van der Waals surface area contributed by atoms with Crippen LogP contribution in [0.2, 0.25) is 0 Å².